The number of carbonyl (C=O) groups excluding carboxylic acids is 1. The van der Waals surface area contributed by atoms with E-state index in [2.05, 4.69) is 76.6 Å². The highest BCUT2D eigenvalue weighted by Gasteiger charge is 2.26. The van der Waals surface area contributed by atoms with Gasteiger partial charge in [0.05, 0.1) is 19.3 Å². The van der Waals surface area contributed by atoms with Gasteiger partial charge < -0.3 is 15.0 Å². The van der Waals surface area contributed by atoms with Crippen LogP contribution in [0.3, 0.4) is 0 Å². The van der Waals surface area contributed by atoms with Crippen molar-refractivity contribution in [1.29, 1.82) is 0 Å². The molecule has 0 aliphatic carbocycles. The molecule has 0 aromatic heterocycles. The van der Waals surface area contributed by atoms with Gasteiger partial charge in [-0.15, -0.1) is 0 Å². The van der Waals surface area contributed by atoms with E-state index in [9.17, 15) is 4.79 Å². The highest BCUT2D eigenvalue weighted by molar-refractivity contribution is 5.79. The van der Waals surface area contributed by atoms with Crippen LogP contribution in [0.1, 0.15) is 36.9 Å². The van der Waals surface area contributed by atoms with E-state index in [4.69, 9.17) is 4.74 Å². The van der Waals surface area contributed by atoms with Crippen molar-refractivity contribution in [2.45, 2.75) is 32.4 Å². The van der Waals surface area contributed by atoms with Crippen molar-refractivity contribution in [1.82, 2.24) is 10.2 Å². The molecule has 2 heterocycles. The van der Waals surface area contributed by atoms with Gasteiger partial charge in [0.15, 0.2) is 0 Å². The van der Waals surface area contributed by atoms with Gasteiger partial charge in [-0.25, -0.2) is 0 Å². The molecule has 0 bridgehead atoms. The molecule has 2 aromatic carbocycles. The molecule has 160 valence electrons. The molecular formula is C25H33N3O2. The van der Waals surface area contributed by atoms with E-state index in [0.29, 0.717) is 0 Å². The summed E-state index contributed by atoms with van der Waals surface area (Å²) in [5.74, 6) is 0.311. The van der Waals surface area contributed by atoms with E-state index in [1.54, 1.807) is 0 Å². The van der Waals surface area contributed by atoms with Gasteiger partial charge in [-0.3, -0.25) is 9.69 Å². The number of rotatable bonds is 6. The lowest BCUT2D eigenvalue weighted by Gasteiger charge is -2.32. The first-order chi connectivity index (χ1) is 14.7. The molecule has 4 rings (SSSR count). The Kier molecular flexibility index (Phi) is 7.03. The summed E-state index contributed by atoms with van der Waals surface area (Å²) in [6, 6.07) is 19.2. The maximum absolute atomic E-state index is 12.8. The average molecular weight is 408 g/mol. The number of hydrogen-bond acceptors (Lipinski definition) is 4. The first kappa shape index (κ1) is 20.9. The molecule has 2 aliphatic heterocycles. The predicted octanol–water partition coefficient (Wildman–Crippen LogP) is 3.61. The quantitative estimate of drug-likeness (QED) is 0.795. The Hall–Kier alpha value is -2.37. The second-order valence-electron chi connectivity index (χ2n) is 8.46. The SMILES string of the molecule is C[C@H](NC(=O)C1CCN(Cc2ccccc2)CC1)c1ccc(N2CCOCC2)cc1. The van der Waals surface area contributed by atoms with Crippen LogP contribution in [0.15, 0.2) is 54.6 Å². The number of amides is 1. The van der Waals surface area contributed by atoms with Crippen LogP contribution < -0.4 is 10.2 Å². The van der Waals surface area contributed by atoms with Crippen LogP contribution in [0.5, 0.6) is 0 Å². The first-order valence-corrected chi connectivity index (χ1v) is 11.2. The van der Waals surface area contributed by atoms with Crippen molar-refractivity contribution in [3.05, 3.63) is 65.7 Å². The summed E-state index contributed by atoms with van der Waals surface area (Å²) < 4.78 is 5.43. The minimum Gasteiger partial charge on any atom is -0.378 e. The maximum atomic E-state index is 12.8. The Morgan fingerprint density at radius 2 is 1.67 bits per heavy atom. The van der Waals surface area contributed by atoms with E-state index >= 15 is 0 Å². The number of ether oxygens (including phenoxy) is 1. The Morgan fingerprint density at radius 3 is 2.33 bits per heavy atom. The van der Waals surface area contributed by atoms with E-state index in [1.165, 1.54) is 11.3 Å². The fourth-order valence-corrected chi connectivity index (χ4v) is 4.40. The molecule has 0 radical (unpaired) electrons. The van der Waals surface area contributed by atoms with Crippen molar-refractivity contribution in [2.24, 2.45) is 5.92 Å². The van der Waals surface area contributed by atoms with E-state index < -0.39 is 0 Å². The highest BCUT2D eigenvalue weighted by atomic mass is 16.5. The van der Waals surface area contributed by atoms with E-state index in [-0.39, 0.29) is 17.9 Å². The van der Waals surface area contributed by atoms with Gasteiger partial charge in [0.2, 0.25) is 5.91 Å². The second-order valence-corrected chi connectivity index (χ2v) is 8.46. The molecule has 0 unspecified atom stereocenters. The number of nitrogens with one attached hydrogen (secondary N) is 1. The largest absolute Gasteiger partial charge is 0.378 e. The van der Waals surface area contributed by atoms with Crippen LogP contribution in [-0.2, 0) is 16.1 Å². The Morgan fingerprint density at radius 1 is 1.00 bits per heavy atom. The molecule has 0 saturated carbocycles. The van der Waals surface area contributed by atoms with Crippen molar-refractivity contribution in [3.8, 4) is 0 Å². The third-order valence-electron chi connectivity index (χ3n) is 6.34. The zero-order chi connectivity index (χ0) is 20.8. The number of morpholine rings is 1. The molecule has 2 aromatic rings. The summed E-state index contributed by atoms with van der Waals surface area (Å²) >= 11 is 0. The third kappa shape index (κ3) is 5.41. The molecule has 1 amide bonds. The molecule has 1 atom stereocenters. The van der Waals surface area contributed by atoms with Crippen LogP contribution in [0, 0.1) is 5.92 Å². The molecule has 0 spiro atoms. The van der Waals surface area contributed by atoms with Gasteiger partial charge in [0.25, 0.3) is 0 Å². The molecule has 5 heteroatoms. The lowest BCUT2D eigenvalue weighted by Crippen LogP contribution is -2.40. The van der Waals surface area contributed by atoms with Crippen LogP contribution >= 0.6 is 0 Å². The maximum Gasteiger partial charge on any atom is 0.223 e. The van der Waals surface area contributed by atoms with Gasteiger partial charge in [0, 0.05) is 31.2 Å². The Bertz CT molecular complexity index is 795. The van der Waals surface area contributed by atoms with Crippen molar-refractivity contribution in [3.63, 3.8) is 0 Å². The lowest BCUT2D eigenvalue weighted by atomic mass is 9.95. The molecule has 30 heavy (non-hydrogen) atoms. The fourth-order valence-electron chi connectivity index (χ4n) is 4.40. The van der Waals surface area contributed by atoms with E-state index in [1.807, 2.05) is 0 Å². The summed E-state index contributed by atoms with van der Waals surface area (Å²) in [5, 5.41) is 3.24. The monoisotopic (exact) mass is 407 g/mol. The molecule has 2 aliphatic rings. The fraction of sp³-hybridized carbons (Fsp3) is 0.480. The number of benzene rings is 2. The van der Waals surface area contributed by atoms with Crippen LogP contribution in [0.25, 0.3) is 0 Å². The zero-order valence-electron chi connectivity index (χ0n) is 17.9. The number of piperidine rings is 1. The second kappa shape index (κ2) is 10.1. The van der Waals surface area contributed by atoms with Crippen LogP contribution in [0.2, 0.25) is 0 Å². The summed E-state index contributed by atoms with van der Waals surface area (Å²) in [5.41, 5.74) is 3.72. The van der Waals surface area contributed by atoms with Gasteiger partial charge in [-0.05, 0) is 56.1 Å². The number of likely N-dealkylation sites (tertiary alicyclic amines) is 1. The van der Waals surface area contributed by atoms with Crippen LogP contribution in [-0.4, -0.2) is 50.2 Å². The minimum atomic E-state index is 0.0265. The topological polar surface area (TPSA) is 44.8 Å². The molecule has 1 N–H and O–H groups in total. The molecule has 2 saturated heterocycles. The Balaban J connectivity index is 1.24. The van der Waals surface area contributed by atoms with Crippen LogP contribution in [0.4, 0.5) is 5.69 Å². The van der Waals surface area contributed by atoms with Crippen molar-refractivity contribution in [2.75, 3.05) is 44.3 Å². The number of nitrogens with zero attached hydrogens (tertiary/aromatic N) is 2. The first-order valence-electron chi connectivity index (χ1n) is 11.2. The van der Waals surface area contributed by atoms with Crippen molar-refractivity contribution < 1.29 is 9.53 Å². The van der Waals surface area contributed by atoms with Gasteiger partial charge >= 0.3 is 0 Å². The smallest absolute Gasteiger partial charge is 0.223 e. The lowest BCUT2D eigenvalue weighted by molar-refractivity contribution is -0.127. The number of carbonyl (C=O) groups is 1. The third-order valence-corrected chi connectivity index (χ3v) is 6.34. The average Bonchev–Trinajstić information content (AvgIpc) is 2.81. The molecule has 2 fully saturated rings. The summed E-state index contributed by atoms with van der Waals surface area (Å²) in [6.07, 6.45) is 1.86. The standard InChI is InChI=1S/C25H33N3O2/c1-20(22-7-9-24(10-8-22)28-15-17-30-18-16-28)26-25(29)23-11-13-27(14-12-23)19-21-5-3-2-4-6-21/h2-10,20,23H,11-19H2,1H3,(H,26,29)/t20-/m0/s1. The summed E-state index contributed by atoms with van der Waals surface area (Å²) in [7, 11) is 0. The summed E-state index contributed by atoms with van der Waals surface area (Å²) in [4.78, 5) is 17.6. The normalized spacial score (nSPS) is 19.4. The van der Waals surface area contributed by atoms with Crippen molar-refractivity contribution >= 4 is 11.6 Å². The Labute approximate surface area is 180 Å². The highest BCUT2D eigenvalue weighted by Crippen LogP contribution is 2.23. The number of anilines is 1. The van der Waals surface area contributed by atoms with Gasteiger partial charge in [0.1, 0.15) is 0 Å². The zero-order valence-corrected chi connectivity index (χ0v) is 17.9. The molecular weight excluding hydrogens is 374 g/mol. The summed E-state index contributed by atoms with van der Waals surface area (Å²) in [6.45, 7) is 8.47. The molecule has 5 nitrogen and oxygen atoms in total. The van der Waals surface area contributed by atoms with Gasteiger partial charge in [-0.2, -0.15) is 0 Å². The van der Waals surface area contributed by atoms with E-state index in [0.717, 1.165) is 64.3 Å². The predicted molar refractivity (Wildman–Crippen MR) is 120 cm³/mol. The minimum absolute atomic E-state index is 0.0265. The van der Waals surface area contributed by atoms with Gasteiger partial charge in [-0.1, -0.05) is 42.5 Å². The number of hydrogen-bond donors (Lipinski definition) is 1.